The Labute approximate surface area is 141 Å². The number of hydrogen-bond acceptors (Lipinski definition) is 3. The molecule has 25 heavy (non-hydrogen) atoms. The predicted molar refractivity (Wildman–Crippen MR) is 86.5 cm³/mol. The molecule has 0 saturated carbocycles. The number of nitrogens with one attached hydrogen (secondary N) is 1. The van der Waals surface area contributed by atoms with Gasteiger partial charge in [-0.05, 0) is 35.9 Å². The van der Waals surface area contributed by atoms with Gasteiger partial charge in [0.2, 0.25) is 0 Å². The highest BCUT2D eigenvalue weighted by molar-refractivity contribution is 5.94. The van der Waals surface area contributed by atoms with Gasteiger partial charge in [-0.15, -0.1) is 0 Å². The summed E-state index contributed by atoms with van der Waals surface area (Å²) in [7, 11) is 0. The van der Waals surface area contributed by atoms with Crippen molar-refractivity contribution in [3.63, 3.8) is 0 Å². The number of ether oxygens (including phenoxy) is 1. The quantitative estimate of drug-likeness (QED) is 0.658. The summed E-state index contributed by atoms with van der Waals surface area (Å²) < 4.78 is 42.5. The minimum absolute atomic E-state index is 0.195. The minimum atomic E-state index is -4.46. The molecule has 0 spiro atoms. The van der Waals surface area contributed by atoms with Crippen LogP contribution in [0.15, 0.2) is 60.7 Å². The van der Waals surface area contributed by atoms with Gasteiger partial charge >= 0.3 is 12.1 Å². The van der Waals surface area contributed by atoms with E-state index in [4.69, 9.17) is 4.74 Å². The van der Waals surface area contributed by atoms with E-state index in [1.54, 1.807) is 30.3 Å². The molecule has 2 aromatic rings. The first-order chi connectivity index (χ1) is 11.8. The van der Waals surface area contributed by atoms with Gasteiger partial charge in [-0.2, -0.15) is 13.2 Å². The Bertz CT molecular complexity index is 771. The van der Waals surface area contributed by atoms with Crippen molar-refractivity contribution in [2.75, 3.05) is 11.9 Å². The van der Waals surface area contributed by atoms with Crippen LogP contribution < -0.4 is 5.32 Å². The van der Waals surface area contributed by atoms with Gasteiger partial charge in [0, 0.05) is 11.8 Å². The fourth-order valence-electron chi connectivity index (χ4n) is 1.89. The Kier molecular flexibility index (Phi) is 5.94. The summed E-state index contributed by atoms with van der Waals surface area (Å²) in [5.41, 5.74) is -0.0613. The van der Waals surface area contributed by atoms with Crippen molar-refractivity contribution >= 4 is 23.6 Å². The van der Waals surface area contributed by atoms with Crippen LogP contribution in [0.2, 0.25) is 0 Å². The number of para-hydroxylation sites is 1. The standard InChI is InChI=1S/C18H14F3NO3/c19-18(20,21)14-6-4-5-13(11-14)9-10-17(24)25-12-16(23)22-15-7-2-1-3-8-15/h1-11H,12H2,(H,22,23)/b10-9+. The van der Waals surface area contributed by atoms with Crippen LogP contribution in [0.1, 0.15) is 11.1 Å². The summed E-state index contributed by atoms with van der Waals surface area (Å²) in [4.78, 5) is 23.2. The van der Waals surface area contributed by atoms with Crippen LogP contribution in [0.25, 0.3) is 6.08 Å². The molecule has 1 N–H and O–H groups in total. The van der Waals surface area contributed by atoms with Crippen LogP contribution in [0.5, 0.6) is 0 Å². The monoisotopic (exact) mass is 349 g/mol. The first-order valence-electron chi connectivity index (χ1n) is 7.21. The molecule has 7 heteroatoms. The molecule has 0 atom stereocenters. The molecular weight excluding hydrogens is 335 g/mol. The molecule has 1 amide bonds. The molecule has 0 aliphatic rings. The smallest absolute Gasteiger partial charge is 0.416 e. The maximum absolute atomic E-state index is 12.6. The van der Waals surface area contributed by atoms with Crippen molar-refractivity contribution in [1.82, 2.24) is 0 Å². The number of alkyl halides is 3. The van der Waals surface area contributed by atoms with Gasteiger partial charge in [0.05, 0.1) is 5.56 Å². The SMILES string of the molecule is O=C(COC(=O)/C=C/c1cccc(C(F)(F)F)c1)Nc1ccccc1. The Morgan fingerprint density at radius 3 is 2.44 bits per heavy atom. The second-order valence-corrected chi connectivity index (χ2v) is 4.98. The van der Waals surface area contributed by atoms with Crippen LogP contribution >= 0.6 is 0 Å². The highest BCUT2D eigenvalue weighted by atomic mass is 19.4. The zero-order valence-corrected chi connectivity index (χ0v) is 12.9. The molecule has 0 fully saturated rings. The summed E-state index contributed by atoms with van der Waals surface area (Å²) in [6, 6.07) is 13.1. The van der Waals surface area contributed by atoms with Gasteiger partial charge in [-0.1, -0.05) is 30.3 Å². The maximum Gasteiger partial charge on any atom is 0.416 e. The molecule has 0 saturated heterocycles. The highest BCUT2D eigenvalue weighted by Gasteiger charge is 2.30. The number of hydrogen-bond donors (Lipinski definition) is 1. The highest BCUT2D eigenvalue weighted by Crippen LogP contribution is 2.29. The van der Waals surface area contributed by atoms with Gasteiger partial charge in [-0.25, -0.2) is 4.79 Å². The number of benzene rings is 2. The van der Waals surface area contributed by atoms with Gasteiger partial charge < -0.3 is 10.1 Å². The number of amides is 1. The zero-order valence-electron chi connectivity index (χ0n) is 12.9. The van der Waals surface area contributed by atoms with E-state index in [9.17, 15) is 22.8 Å². The van der Waals surface area contributed by atoms with Crippen LogP contribution in [-0.2, 0) is 20.5 Å². The normalized spacial score (nSPS) is 11.3. The van der Waals surface area contributed by atoms with E-state index in [2.05, 4.69) is 5.32 Å². The minimum Gasteiger partial charge on any atom is -0.452 e. The summed E-state index contributed by atoms with van der Waals surface area (Å²) in [6.45, 7) is -0.499. The lowest BCUT2D eigenvalue weighted by atomic mass is 10.1. The summed E-state index contributed by atoms with van der Waals surface area (Å²) in [6.07, 6.45) is -2.31. The van der Waals surface area contributed by atoms with Crippen molar-refractivity contribution in [1.29, 1.82) is 0 Å². The molecule has 2 aromatic carbocycles. The van der Waals surface area contributed by atoms with E-state index < -0.39 is 30.2 Å². The van der Waals surface area contributed by atoms with Crippen molar-refractivity contribution in [3.05, 3.63) is 71.8 Å². The number of halogens is 3. The van der Waals surface area contributed by atoms with E-state index in [0.29, 0.717) is 5.69 Å². The van der Waals surface area contributed by atoms with E-state index in [1.807, 2.05) is 0 Å². The van der Waals surface area contributed by atoms with Crippen LogP contribution in [-0.4, -0.2) is 18.5 Å². The van der Waals surface area contributed by atoms with Crippen LogP contribution in [0.4, 0.5) is 18.9 Å². The third-order valence-corrected chi connectivity index (χ3v) is 3.03. The first kappa shape index (κ1) is 18.3. The maximum atomic E-state index is 12.6. The van der Waals surface area contributed by atoms with Crippen molar-refractivity contribution < 1.29 is 27.5 Å². The lowest BCUT2D eigenvalue weighted by Crippen LogP contribution is -2.20. The molecule has 130 valence electrons. The lowest BCUT2D eigenvalue weighted by Gasteiger charge is -2.06. The van der Waals surface area contributed by atoms with Crippen molar-refractivity contribution in [2.24, 2.45) is 0 Å². The molecule has 0 aliphatic carbocycles. The Balaban J connectivity index is 1.86. The molecule has 0 heterocycles. The first-order valence-corrected chi connectivity index (χ1v) is 7.21. The number of carbonyl (C=O) groups is 2. The Hall–Kier alpha value is -3.09. The molecule has 0 aromatic heterocycles. The number of rotatable bonds is 5. The molecule has 0 aliphatic heterocycles. The fraction of sp³-hybridized carbons (Fsp3) is 0.111. The average molecular weight is 349 g/mol. The van der Waals surface area contributed by atoms with Crippen LogP contribution in [0, 0.1) is 0 Å². The molecule has 0 radical (unpaired) electrons. The Morgan fingerprint density at radius 2 is 1.76 bits per heavy atom. The van der Waals surface area contributed by atoms with Gasteiger partial charge in [0.25, 0.3) is 5.91 Å². The molecule has 0 unspecified atom stereocenters. The van der Waals surface area contributed by atoms with Crippen molar-refractivity contribution in [3.8, 4) is 0 Å². The van der Waals surface area contributed by atoms with Gasteiger partial charge in [0.1, 0.15) is 0 Å². The molecular formula is C18H14F3NO3. The molecule has 2 rings (SSSR count). The predicted octanol–water partition coefficient (Wildman–Crippen LogP) is 3.90. The summed E-state index contributed by atoms with van der Waals surface area (Å²) in [5.74, 6) is -1.35. The number of esters is 1. The van der Waals surface area contributed by atoms with Crippen molar-refractivity contribution in [2.45, 2.75) is 6.18 Å². The zero-order chi connectivity index (χ0) is 18.3. The molecule has 0 bridgehead atoms. The number of carbonyl (C=O) groups excluding carboxylic acids is 2. The summed E-state index contributed by atoms with van der Waals surface area (Å²) >= 11 is 0. The van der Waals surface area contributed by atoms with E-state index in [-0.39, 0.29) is 5.56 Å². The van der Waals surface area contributed by atoms with E-state index >= 15 is 0 Å². The second-order valence-electron chi connectivity index (χ2n) is 4.98. The van der Waals surface area contributed by atoms with Gasteiger partial charge in [-0.3, -0.25) is 4.79 Å². The van der Waals surface area contributed by atoms with E-state index in [1.165, 1.54) is 18.2 Å². The topological polar surface area (TPSA) is 55.4 Å². The largest absolute Gasteiger partial charge is 0.452 e. The second kappa shape index (κ2) is 8.14. The van der Waals surface area contributed by atoms with E-state index in [0.717, 1.165) is 18.2 Å². The molecule has 4 nitrogen and oxygen atoms in total. The number of anilines is 1. The van der Waals surface area contributed by atoms with Crippen LogP contribution in [0.3, 0.4) is 0 Å². The third kappa shape index (κ3) is 6.14. The lowest BCUT2D eigenvalue weighted by molar-refractivity contribution is -0.142. The average Bonchev–Trinajstić information content (AvgIpc) is 2.58. The summed E-state index contributed by atoms with van der Waals surface area (Å²) in [5, 5.41) is 2.53. The fourth-order valence-corrected chi connectivity index (χ4v) is 1.89. The third-order valence-electron chi connectivity index (χ3n) is 3.03. The van der Waals surface area contributed by atoms with Gasteiger partial charge in [0.15, 0.2) is 6.61 Å². The Morgan fingerprint density at radius 1 is 1.04 bits per heavy atom.